The molecule has 116 valence electrons. The summed E-state index contributed by atoms with van der Waals surface area (Å²) in [5, 5.41) is 23.7. The summed E-state index contributed by atoms with van der Waals surface area (Å²) in [5.74, 6) is 0.369. The zero-order valence-corrected chi connectivity index (χ0v) is 13.2. The average Bonchev–Trinajstić information content (AvgIpc) is 3.03. The first kappa shape index (κ1) is 15.3. The zero-order chi connectivity index (χ0) is 16.2. The second-order valence-corrected chi connectivity index (χ2v) is 5.97. The van der Waals surface area contributed by atoms with Gasteiger partial charge in [0.05, 0.1) is 16.5 Å². The van der Waals surface area contributed by atoms with Crippen molar-refractivity contribution in [3.05, 3.63) is 62.7 Å². The number of hydrogen-bond acceptors (Lipinski definition) is 7. The summed E-state index contributed by atoms with van der Waals surface area (Å²) in [6, 6.07) is 11.0. The average molecular weight is 348 g/mol. The van der Waals surface area contributed by atoms with Crippen molar-refractivity contribution < 1.29 is 4.92 Å². The highest BCUT2D eigenvalue weighted by molar-refractivity contribution is 7.14. The van der Waals surface area contributed by atoms with E-state index in [-0.39, 0.29) is 10.7 Å². The fraction of sp³-hybridized carbons (Fsp3) is 0.0714. The summed E-state index contributed by atoms with van der Waals surface area (Å²) in [7, 11) is 0. The van der Waals surface area contributed by atoms with Crippen LogP contribution in [0.15, 0.2) is 42.6 Å². The van der Waals surface area contributed by atoms with Crippen molar-refractivity contribution in [1.82, 2.24) is 15.2 Å². The van der Waals surface area contributed by atoms with Crippen molar-refractivity contribution in [2.45, 2.75) is 6.54 Å². The Morgan fingerprint density at radius 3 is 2.74 bits per heavy atom. The van der Waals surface area contributed by atoms with E-state index < -0.39 is 4.92 Å². The van der Waals surface area contributed by atoms with E-state index >= 15 is 0 Å². The largest absolute Gasteiger partial charge is 0.362 e. The molecule has 9 heteroatoms. The fourth-order valence-corrected chi connectivity index (χ4v) is 2.85. The van der Waals surface area contributed by atoms with Crippen LogP contribution in [0.4, 0.5) is 11.5 Å². The Labute approximate surface area is 140 Å². The third-order valence-electron chi connectivity index (χ3n) is 2.93. The third-order valence-corrected chi connectivity index (χ3v) is 4.19. The van der Waals surface area contributed by atoms with Gasteiger partial charge in [-0.2, -0.15) is 0 Å². The molecular formula is C14H10ClN5O2S. The summed E-state index contributed by atoms with van der Waals surface area (Å²) >= 11 is 7.43. The van der Waals surface area contributed by atoms with Gasteiger partial charge in [0.25, 0.3) is 5.69 Å². The molecule has 0 saturated heterocycles. The minimum absolute atomic E-state index is 0.150. The summed E-state index contributed by atoms with van der Waals surface area (Å²) < 4.78 is 0. The van der Waals surface area contributed by atoms with Crippen molar-refractivity contribution in [3.63, 3.8) is 0 Å². The minimum atomic E-state index is -0.542. The first-order valence-corrected chi connectivity index (χ1v) is 7.74. The van der Waals surface area contributed by atoms with Gasteiger partial charge < -0.3 is 5.32 Å². The Bertz CT molecular complexity index is 840. The van der Waals surface area contributed by atoms with Crippen molar-refractivity contribution in [2.24, 2.45) is 0 Å². The predicted octanol–water partition coefficient (Wildman–Crippen LogP) is 3.77. The van der Waals surface area contributed by atoms with Crippen LogP contribution in [0.25, 0.3) is 10.6 Å². The maximum Gasteiger partial charge on any atom is 0.289 e. The molecule has 0 radical (unpaired) electrons. The predicted molar refractivity (Wildman–Crippen MR) is 88.6 cm³/mol. The highest BCUT2D eigenvalue weighted by Crippen LogP contribution is 2.26. The normalized spacial score (nSPS) is 10.5. The molecule has 3 rings (SSSR count). The molecule has 0 unspecified atom stereocenters. The van der Waals surface area contributed by atoms with Gasteiger partial charge in [0.1, 0.15) is 22.0 Å². The minimum Gasteiger partial charge on any atom is -0.362 e. The Balaban J connectivity index is 1.70. The molecule has 3 aromatic rings. The van der Waals surface area contributed by atoms with Crippen LogP contribution < -0.4 is 5.32 Å². The van der Waals surface area contributed by atoms with Crippen LogP contribution in [0.3, 0.4) is 0 Å². The van der Waals surface area contributed by atoms with Crippen molar-refractivity contribution in [3.8, 4) is 10.6 Å². The summed E-state index contributed by atoms with van der Waals surface area (Å²) in [4.78, 5) is 14.1. The smallest absolute Gasteiger partial charge is 0.289 e. The molecule has 0 amide bonds. The number of nitrogens with one attached hydrogen (secondary N) is 1. The van der Waals surface area contributed by atoms with Gasteiger partial charge in [-0.05, 0) is 0 Å². The highest BCUT2D eigenvalue weighted by Gasteiger charge is 2.12. The Hall–Kier alpha value is -2.58. The number of pyridine rings is 1. The molecule has 0 aliphatic carbocycles. The van der Waals surface area contributed by atoms with Gasteiger partial charge in [-0.1, -0.05) is 53.3 Å². The van der Waals surface area contributed by atoms with Crippen molar-refractivity contribution >= 4 is 34.4 Å². The molecule has 23 heavy (non-hydrogen) atoms. The number of anilines is 1. The van der Waals surface area contributed by atoms with Gasteiger partial charge in [0.15, 0.2) is 0 Å². The van der Waals surface area contributed by atoms with E-state index in [1.54, 1.807) is 0 Å². The van der Waals surface area contributed by atoms with Gasteiger partial charge in [0, 0.05) is 11.6 Å². The molecule has 0 fully saturated rings. The highest BCUT2D eigenvalue weighted by atomic mass is 35.5. The first-order chi connectivity index (χ1) is 11.1. The van der Waals surface area contributed by atoms with Crippen LogP contribution in [0, 0.1) is 10.1 Å². The molecule has 1 N–H and O–H groups in total. The number of halogens is 1. The van der Waals surface area contributed by atoms with Crippen molar-refractivity contribution in [2.75, 3.05) is 5.32 Å². The van der Waals surface area contributed by atoms with E-state index in [0.29, 0.717) is 12.4 Å². The van der Waals surface area contributed by atoms with E-state index in [0.717, 1.165) is 21.8 Å². The van der Waals surface area contributed by atoms with Gasteiger partial charge in [-0.15, -0.1) is 10.2 Å². The van der Waals surface area contributed by atoms with Crippen LogP contribution in [0.5, 0.6) is 0 Å². The van der Waals surface area contributed by atoms with Crippen molar-refractivity contribution in [1.29, 1.82) is 0 Å². The molecule has 0 bridgehead atoms. The standard InChI is InChI=1S/C14H10ClN5O2S/c15-11-6-10(20(21)22)7-16-13(11)17-8-12-18-19-14(23-12)9-4-2-1-3-5-9/h1-7H,8H2,(H,16,17). The monoisotopic (exact) mass is 347 g/mol. The van der Waals surface area contributed by atoms with Gasteiger partial charge >= 0.3 is 0 Å². The molecule has 1 aromatic carbocycles. The lowest BCUT2D eigenvalue weighted by atomic mass is 10.2. The topological polar surface area (TPSA) is 93.8 Å². The van der Waals surface area contributed by atoms with Crippen LogP contribution in [0.1, 0.15) is 5.01 Å². The molecule has 0 aliphatic rings. The quantitative estimate of drug-likeness (QED) is 0.557. The summed E-state index contributed by atoms with van der Waals surface area (Å²) in [5.41, 5.74) is 0.852. The number of rotatable bonds is 5. The van der Waals surface area contributed by atoms with E-state index in [1.807, 2.05) is 30.3 Å². The number of benzene rings is 1. The van der Waals surface area contributed by atoms with Crippen LogP contribution >= 0.6 is 22.9 Å². The lowest BCUT2D eigenvalue weighted by molar-refractivity contribution is -0.385. The zero-order valence-electron chi connectivity index (χ0n) is 11.6. The second-order valence-electron chi connectivity index (χ2n) is 4.50. The lowest BCUT2D eigenvalue weighted by Crippen LogP contribution is -2.02. The summed E-state index contributed by atoms with van der Waals surface area (Å²) in [6.45, 7) is 0.384. The maximum atomic E-state index is 10.7. The molecule has 0 atom stereocenters. The number of hydrogen-bond donors (Lipinski definition) is 1. The third kappa shape index (κ3) is 3.61. The lowest BCUT2D eigenvalue weighted by Gasteiger charge is -2.04. The van der Waals surface area contributed by atoms with E-state index in [9.17, 15) is 10.1 Å². The van der Waals surface area contributed by atoms with Gasteiger partial charge in [0.2, 0.25) is 0 Å². The maximum absolute atomic E-state index is 10.7. The number of nitrogens with zero attached hydrogens (tertiary/aromatic N) is 4. The van der Waals surface area contributed by atoms with Gasteiger partial charge in [-0.3, -0.25) is 10.1 Å². The Morgan fingerprint density at radius 1 is 1.26 bits per heavy atom. The summed E-state index contributed by atoms with van der Waals surface area (Å²) in [6.07, 6.45) is 1.16. The van der Waals surface area contributed by atoms with E-state index in [2.05, 4.69) is 20.5 Å². The SMILES string of the molecule is O=[N+]([O-])c1cnc(NCc2nnc(-c3ccccc3)s2)c(Cl)c1. The molecular weight excluding hydrogens is 338 g/mol. The van der Waals surface area contributed by atoms with E-state index in [4.69, 9.17) is 11.6 Å². The Morgan fingerprint density at radius 2 is 2.04 bits per heavy atom. The molecule has 0 saturated carbocycles. The van der Waals surface area contributed by atoms with Gasteiger partial charge in [-0.25, -0.2) is 4.98 Å². The second kappa shape index (κ2) is 6.67. The molecule has 2 heterocycles. The molecule has 0 aliphatic heterocycles. The van der Waals surface area contributed by atoms with Crippen LogP contribution in [0.2, 0.25) is 5.02 Å². The first-order valence-electron chi connectivity index (χ1n) is 6.55. The van der Waals surface area contributed by atoms with Crippen LogP contribution in [-0.4, -0.2) is 20.1 Å². The Kier molecular flexibility index (Phi) is 4.45. The van der Waals surface area contributed by atoms with Crippen LogP contribution in [-0.2, 0) is 6.54 Å². The number of aromatic nitrogens is 3. The molecule has 2 aromatic heterocycles. The number of nitro groups is 1. The molecule has 7 nitrogen and oxygen atoms in total. The van der Waals surface area contributed by atoms with E-state index in [1.165, 1.54) is 17.4 Å². The molecule has 0 spiro atoms. The fourth-order valence-electron chi connectivity index (χ4n) is 1.84.